The normalized spacial score (nSPS) is 23.8. The summed E-state index contributed by atoms with van der Waals surface area (Å²) in [5, 5.41) is 13.8. The lowest BCUT2D eigenvalue weighted by Crippen LogP contribution is -2.36. The maximum absolute atomic E-state index is 12.4. The van der Waals surface area contributed by atoms with Gasteiger partial charge in [-0.25, -0.2) is 0 Å². The highest BCUT2D eigenvalue weighted by Crippen LogP contribution is 2.40. The van der Waals surface area contributed by atoms with Crippen LogP contribution in [0.1, 0.15) is 16.7 Å². The SMILES string of the molecule is O=C1Nc2ccccc2C1(O)c1ccc(CN2CCOCC2)cc1. The predicted octanol–water partition coefficient (Wildman–Crippen LogP) is 1.71. The molecule has 1 saturated heterocycles. The van der Waals surface area contributed by atoms with Gasteiger partial charge in [0.2, 0.25) is 0 Å². The number of ether oxygens (including phenoxy) is 1. The van der Waals surface area contributed by atoms with Crippen LogP contribution in [0.5, 0.6) is 0 Å². The first-order valence-corrected chi connectivity index (χ1v) is 8.21. The zero-order chi connectivity index (χ0) is 16.6. The highest BCUT2D eigenvalue weighted by atomic mass is 16.5. The van der Waals surface area contributed by atoms with Crippen molar-refractivity contribution in [2.45, 2.75) is 12.1 Å². The van der Waals surface area contributed by atoms with E-state index in [1.807, 2.05) is 36.4 Å². The number of benzene rings is 2. The van der Waals surface area contributed by atoms with E-state index in [2.05, 4.69) is 10.2 Å². The molecule has 2 heterocycles. The molecule has 0 aromatic heterocycles. The van der Waals surface area contributed by atoms with Gasteiger partial charge in [0.05, 0.1) is 13.2 Å². The lowest BCUT2D eigenvalue weighted by atomic mass is 9.87. The van der Waals surface area contributed by atoms with E-state index in [4.69, 9.17) is 4.74 Å². The van der Waals surface area contributed by atoms with E-state index in [0.717, 1.165) is 38.4 Å². The first kappa shape index (κ1) is 15.3. The van der Waals surface area contributed by atoms with Gasteiger partial charge in [0.25, 0.3) is 5.91 Å². The first-order chi connectivity index (χ1) is 11.7. The average Bonchev–Trinajstić information content (AvgIpc) is 2.88. The van der Waals surface area contributed by atoms with E-state index in [-0.39, 0.29) is 0 Å². The largest absolute Gasteiger partial charge is 0.379 e. The topological polar surface area (TPSA) is 61.8 Å². The van der Waals surface area contributed by atoms with Crippen molar-refractivity contribution in [1.82, 2.24) is 4.90 Å². The fourth-order valence-electron chi connectivity index (χ4n) is 3.40. The van der Waals surface area contributed by atoms with Crippen LogP contribution in [-0.4, -0.2) is 42.2 Å². The summed E-state index contributed by atoms with van der Waals surface area (Å²) in [5.41, 5.74) is 1.42. The van der Waals surface area contributed by atoms with Gasteiger partial charge < -0.3 is 15.2 Å². The summed E-state index contributed by atoms with van der Waals surface area (Å²) in [4.78, 5) is 14.7. The van der Waals surface area contributed by atoms with Crippen LogP contribution in [0.4, 0.5) is 5.69 Å². The lowest BCUT2D eigenvalue weighted by molar-refractivity contribution is -0.129. The van der Waals surface area contributed by atoms with Crippen LogP contribution in [-0.2, 0) is 21.7 Å². The van der Waals surface area contributed by atoms with Gasteiger partial charge in [-0.3, -0.25) is 9.69 Å². The summed E-state index contributed by atoms with van der Waals surface area (Å²) in [6, 6.07) is 14.9. The van der Waals surface area contributed by atoms with Gasteiger partial charge in [-0.1, -0.05) is 42.5 Å². The summed E-state index contributed by atoms with van der Waals surface area (Å²) in [6.07, 6.45) is 0. The maximum atomic E-state index is 12.4. The number of hydrogen-bond acceptors (Lipinski definition) is 4. The molecule has 5 nitrogen and oxygen atoms in total. The van der Waals surface area contributed by atoms with E-state index in [1.54, 1.807) is 12.1 Å². The standard InChI is InChI=1S/C19H20N2O3/c22-18-19(23,16-3-1-2-4-17(16)20-18)15-7-5-14(6-8-15)13-21-9-11-24-12-10-21/h1-8,23H,9-13H2,(H,20,22). The highest BCUT2D eigenvalue weighted by Gasteiger charge is 2.46. The van der Waals surface area contributed by atoms with Crippen molar-refractivity contribution in [3.05, 3.63) is 65.2 Å². The van der Waals surface area contributed by atoms with Gasteiger partial charge in [0.1, 0.15) is 0 Å². The Morgan fingerprint density at radius 3 is 2.54 bits per heavy atom. The molecule has 2 aliphatic rings. The fourth-order valence-corrected chi connectivity index (χ4v) is 3.40. The van der Waals surface area contributed by atoms with Crippen molar-refractivity contribution >= 4 is 11.6 Å². The van der Waals surface area contributed by atoms with Gasteiger partial charge in [-0.2, -0.15) is 0 Å². The molecule has 4 rings (SSSR count). The number of carbonyl (C=O) groups is 1. The highest BCUT2D eigenvalue weighted by molar-refractivity contribution is 6.07. The number of nitrogens with one attached hydrogen (secondary N) is 1. The number of nitrogens with zero attached hydrogens (tertiary/aromatic N) is 1. The minimum Gasteiger partial charge on any atom is -0.379 e. The maximum Gasteiger partial charge on any atom is 0.265 e. The summed E-state index contributed by atoms with van der Waals surface area (Å²) < 4.78 is 5.36. The molecule has 0 spiro atoms. The molecule has 5 heteroatoms. The Bertz CT molecular complexity index is 753. The van der Waals surface area contributed by atoms with Crippen molar-refractivity contribution in [3.8, 4) is 0 Å². The third kappa shape index (κ3) is 2.51. The minimum absolute atomic E-state index is 0.398. The van der Waals surface area contributed by atoms with Gasteiger partial charge in [-0.15, -0.1) is 0 Å². The Balaban J connectivity index is 1.59. The van der Waals surface area contributed by atoms with E-state index in [1.165, 1.54) is 0 Å². The number of amides is 1. The molecular weight excluding hydrogens is 304 g/mol. The summed E-state index contributed by atoms with van der Waals surface area (Å²) in [6.45, 7) is 4.26. The van der Waals surface area contributed by atoms with E-state index >= 15 is 0 Å². The van der Waals surface area contributed by atoms with Crippen molar-refractivity contribution in [2.75, 3.05) is 31.6 Å². The minimum atomic E-state index is -1.62. The van der Waals surface area contributed by atoms with Crippen molar-refractivity contribution in [3.63, 3.8) is 0 Å². The van der Waals surface area contributed by atoms with Gasteiger partial charge in [0.15, 0.2) is 5.60 Å². The number of fused-ring (bicyclic) bond motifs is 1. The molecule has 1 amide bonds. The molecule has 1 unspecified atom stereocenters. The van der Waals surface area contributed by atoms with Crippen molar-refractivity contribution in [2.24, 2.45) is 0 Å². The number of rotatable bonds is 3. The molecule has 2 aliphatic heterocycles. The molecule has 1 fully saturated rings. The average molecular weight is 324 g/mol. The molecule has 0 bridgehead atoms. The first-order valence-electron chi connectivity index (χ1n) is 8.21. The second kappa shape index (κ2) is 6.02. The molecule has 0 radical (unpaired) electrons. The number of hydrogen-bond donors (Lipinski definition) is 2. The third-order valence-electron chi connectivity index (χ3n) is 4.78. The number of para-hydroxylation sites is 1. The predicted molar refractivity (Wildman–Crippen MR) is 90.6 cm³/mol. The van der Waals surface area contributed by atoms with E-state index < -0.39 is 11.5 Å². The Labute approximate surface area is 140 Å². The molecule has 0 saturated carbocycles. The molecule has 2 aromatic carbocycles. The number of morpholine rings is 1. The molecule has 124 valence electrons. The Morgan fingerprint density at radius 1 is 1.08 bits per heavy atom. The van der Waals surface area contributed by atoms with Crippen molar-refractivity contribution in [1.29, 1.82) is 0 Å². The van der Waals surface area contributed by atoms with Gasteiger partial charge in [-0.05, 0) is 17.2 Å². The summed E-state index contributed by atoms with van der Waals surface area (Å²) in [5.74, 6) is -0.398. The summed E-state index contributed by atoms with van der Waals surface area (Å²) >= 11 is 0. The number of anilines is 1. The molecule has 1 atom stereocenters. The third-order valence-corrected chi connectivity index (χ3v) is 4.78. The number of carbonyl (C=O) groups excluding carboxylic acids is 1. The molecule has 24 heavy (non-hydrogen) atoms. The van der Waals surface area contributed by atoms with Crippen LogP contribution in [0.15, 0.2) is 48.5 Å². The van der Waals surface area contributed by atoms with Crippen LogP contribution >= 0.6 is 0 Å². The van der Waals surface area contributed by atoms with Gasteiger partial charge >= 0.3 is 0 Å². The van der Waals surface area contributed by atoms with E-state index in [0.29, 0.717) is 16.8 Å². The zero-order valence-electron chi connectivity index (χ0n) is 13.4. The zero-order valence-corrected chi connectivity index (χ0v) is 13.4. The van der Waals surface area contributed by atoms with Crippen LogP contribution in [0.3, 0.4) is 0 Å². The monoisotopic (exact) mass is 324 g/mol. The molecular formula is C19H20N2O3. The molecule has 0 aliphatic carbocycles. The summed E-state index contributed by atoms with van der Waals surface area (Å²) in [7, 11) is 0. The second-order valence-corrected chi connectivity index (χ2v) is 6.30. The smallest absolute Gasteiger partial charge is 0.265 e. The Morgan fingerprint density at radius 2 is 1.79 bits per heavy atom. The van der Waals surface area contributed by atoms with Gasteiger partial charge in [0, 0.05) is 30.9 Å². The van der Waals surface area contributed by atoms with Crippen LogP contribution in [0.2, 0.25) is 0 Å². The van der Waals surface area contributed by atoms with Crippen LogP contribution in [0, 0.1) is 0 Å². The fraction of sp³-hybridized carbons (Fsp3) is 0.316. The van der Waals surface area contributed by atoms with Crippen LogP contribution < -0.4 is 5.32 Å². The second-order valence-electron chi connectivity index (χ2n) is 6.30. The molecule has 2 aromatic rings. The van der Waals surface area contributed by atoms with E-state index in [9.17, 15) is 9.90 Å². The van der Waals surface area contributed by atoms with Crippen LogP contribution in [0.25, 0.3) is 0 Å². The molecule has 2 N–H and O–H groups in total. The Hall–Kier alpha value is -2.21. The van der Waals surface area contributed by atoms with Crippen molar-refractivity contribution < 1.29 is 14.6 Å². The lowest BCUT2D eigenvalue weighted by Gasteiger charge is -2.27. The Kier molecular flexibility index (Phi) is 3.84. The number of aliphatic hydroxyl groups is 1. The quantitative estimate of drug-likeness (QED) is 0.902.